The first kappa shape index (κ1) is 46.6. The smallest absolute Gasteiger partial charge is 0.253 e. The molecule has 2 heterocycles. The van der Waals surface area contributed by atoms with Crippen molar-refractivity contribution in [2.24, 2.45) is 22.7 Å². The Morgan fingerprint density at radius 2 is 1.60 bits per heavy atom. The molecular weight excluding hydrogens is 867 g/mol. The van der Waals surface area contributed by atoms with Crippen LogP contribution < -0.4 is 16.0 Å². The fourth-order valence-corrected chi connectivity index (χ4v) is 12.0. The maximum Gasteiger partial charge on any atom is 0.253 e. The quantitative estimate of drug-likeness (QED) is 0.118. The van der Waals surface area contributed by atoms with Gasteiger partial charge in [-0.05, 0) is 100 Å². The Morgan fingerprint density at radius 1 is 0.954 bits per heavy atom. The molecule has 6 aliphatic rings. The molecule has 2 aromatic carbocycles. The van der Waals surface area contributed by atoms with Crippen LogP contribution >= 0.6 is 11.8 Å². The summed E-state index contributed by atoms with van der Waals surface area (Å²) >= 11 is 1.43. The number of halogens is 2. The minimum atomic E-state index is -2.35. The van der Waals surface area contributed by atoms with E-state index in [2.05, 4.69) is 16.0 Å². The van der Waals surface area contributed by atoms with Gasteiger partial charge in [0.1, 0.15) is 19.0 Å². The van der Waals surface area contributed by atoms with Crippen molar-refractivity contribution in [1.82, 2.24) is 15.5 Å². The summed E-state index contributed by atoms with van der Waals surface area (Å²) < 4.78 is 46.7. The number of nitrogens with zero attached hydrogens (tertiary/aromatic N) is 1. The van der Waals surface area contributed by atoms with Crippen LogP contribution in [0.15, 0.2) is 94.3 Å². The molecule has 18 heteroatoms. The summed E-state index contributed by atoms with van der Waals surface area (Å²) in [7, 11) is 0. The van der Waals surface area contributed by atoms with E-state index in [1.54, 1.807) is 45.0 Å². The standard InChI is InChI=1S/C47H52F2N4O11S/c1-24(50-38(58)16-18-53-39(59)13-14-40(53)60)41(61)51-25(2)42(62)52-27-7-11-30(12-8-27)65-29-9-5-26(6-10-29)43-63-37-21-31-32-20-34(48)33-19-28(55)15-17-44(33,3)46(32,49)35(56)22-45(31,4)47(37,64-43)36(57)23-54/h5-15,17,19,24-25,31-32,34-35,37,41,43,51,54,56,61H,16,18,20-23H2,1-4H3,(H,50,58)(H,52,62)/t24-,25-,31-,32-,34-,35-,37+,41?,43+,44-,45-,46-,47+/m0/s1. The average Bonchev–Trinajstić information content (AvgIpc) is 3.90. The van der Waals surface area contributed by atoms with Crippen LogP contribution in [0.1, 0.15) is 65.2 Å². The van der Waals surface area contributed by atoms with Gasteiger partial charge in [-0.1, -0.05) is 36.9 Å². The van der Waals surface area contributed by atoms with Crippen LogP contribution in [0.4, 0.5) is 14.5 Å². The molecular formula is C47H52F2N4O11S. The van der Waals surface area contributed by atoms with Gasteiger partial charge >= 0.3 is 0 Å². The lowest BCUT2D eigenvalue weighted by molar-refractivity contribution is -0.235. The van der Waals surface area contributed by atoms with Gasteiger partial charge in [-0.3, -0.25) is 39.0 Å². The number of nitrogens with one attached hydrogen (secondary N) is 3. The number of ketones is 2. The normalized spacial score (nSPS) is 34.8. The molecule has 8 rings (SSSR count). The molecule has 1 unspecified atom stereocenters. The highest BCUT2D eigenvalue weighted by Gasteiger charge is 2.80. The second-order valence-corrected chi connectivity index (χ2v) is 19.4. The second kappa shape index (κ2) is 17.4. The van der Waals surface area contributed by atoms with E-state index in [1.165, 1.54) is 30.8 Å². The van der Waals surface area contributed by atoms with Crippen LogP contribution in [0.5, 0.6) is 0 Å². The number of rotatable bonds is 14. The van der Waals surface area contributed by atoms with Crippen molar-refractivity contribution < 1.29 is 62.3 Å². The molecule has 13 atom stereocenters. The summed E-state index contributed by atoms with van der Waals surface area (Å²) in [6.45, 7) is 5.35. The number of imide groups is 1. The fourth-order valence-electron chi connectivity index (χ4n) is 11.1. The molecule has 15 nitrogen and oxygen atoms in total. The number of fused-ring (bicyclic) bond motifs is 7. The summed E-state index contributed by atoms with van der Waals surface area (Å²) in [5.41, 5.74) is -5.86. The minimum absolute atomic E-state index is 0.00141. The van der Waals surface area contributed by atoms with Crippen LogP contribution in [-0.2, 0) is 38.2 Å². The number of amides is 4. The summed E-state index contributed by atoms with van der Waals surface area (Å²) in [5, 5.41) is 40.8. The van der Waals surface area contributed by atoms with Gasteiger partial charge in [0.2, 0.25) is 11.8 Å². The third kappa shape index (κ3) is 7.79. The van der Waals surface area contributed by atoms with Gasteiger partial charge < -0.3 is 35.4 Å². The summed E-state index contributed by atoms with van der Waals surface area (Å²) in [5.74, 6) is -4.75. The van der Waals surface area contributed by atoms with Crippen LogP contribution in [0, 0.1) is 22.7 Å². The van der Waals surface area contributed by atoms with E-state index >= 15 is 8.78 Å². The Bertz CT molecular complexity index is 2360. The fraction of sp³-hybridized carbons (Fsp3) is 0.489. The van der Waals surface area contributed by atoms with Crippen LogP contribution in [0.3, 0.4) is 0 Å². The van der Waals surface area contributed by atoms with Gasteiger partial charge in [0, 0.05) is 62.9 Å². The number of allylic oxidation sites excluding steroid dienone is 4. The molecule has 3 saturated carbocycles. The molecule has 4 aliphatic carbocycles. The monoisotopic (exact) mass is 918 g/mol. The Labute approximate surface area is 378 Å². The van der Waals surface area contributed by atoms with Crippen molar-refractivity contribution >= 4 is 52.6 Å². The third-order valence-corrected chi connectivity index (χ3v) is 15.6. The number of hydrogen-bond donors (Lipinski definition) is 6. The number of carbonyl (C=O) groups excluding carboxylic acids is 6. The van der Waals surface area contributed by atoms with Crippen molar-refractivity contribution in [1.29, 1.82) is 0 Å². The molecule has 2 aliphatic heterocycles. The highest BCUT2D eigenvalue weighted by Crippen LogP contribution is 2.72. The third-order valence-electron chi connectivity index (χ3n) is 14.6. The van der Waals surface area contributed by atoms with Crippen molar-refractivity contribution in [3.8, 4) is 0 Å². The molecule has 6 N–H and O–H groups in total. The van der Waals surface area contributed by atoms with Crippen LogP contribution in [0.2, 0.25) is 0 Å². The molecule has 4 amide bonds. The lowest BCUT2D eigenvalue weighted by Gasteiger charge is -2.63. The first-order valence-electron chi connectivity index (χ1n) is 21.6. The first-order valence-corrected chi connectivity index (χ1v) is 22.5. The first-order chi connectivity index (χ1) is 30.7. The maximum absolute atomic E-state index is 17.7. The zero-order valence-electron chi connectivity index (χ0n) is 36.2. The second-order valence-electron chi connectivity index (χ2n) is 18.3. The zero-order chi connectivity index (χ0) is 46.8. The zero-order valence-corrected chi connectivity index (χ0v) is 37.0. The highest BCUT2D eigenvalue weighted by atomic mass is 32.2. The number of aliphatic hydroxyl groups excluding tert-OH is 3. The van der Waals surface area contributed by atoms with Crippen molar-refractivity contribution in [3.05, 3.63) is 90.0 Å². The van der Waals surface area contributed by atoms with Gasteiger partial charge in [0.15, 0.2) is 29.1 Å². The predicted octanol–water partition coefficient (Wildman–Crippen LogP) is 3.54. The number of Topliss-reactive ketones (excluding diaryl/α,β-unsaturated/α-hetero) is 1. The van der Waals surface area contributed by atoms with Crippen molar-refractivity contribution in [2.75, 3.05) is 18.5 Å². The largest absolute Gasteiger partial charge is 0.390 e. The number of carbonyl (C=O) groups is 6. The maximum atomic E-state index is 17.7. The van der Waals surface area contributed by atoms with Gasteiger partial charge in [-0.2, -0.15) is 0 Å². The van der Waals surface area contributed by atoms with Crippen LogP contribution in [0.25, 0.3) is 0 Å². The van der Waals surface area contributed by atoms with E-state index < -0.39 is 119 Å². The van der Waals surface area contributed by atoms with Crippen molar-refractivity contribution in [3.63, 3.8) is 0 Å². The number of benzene rings is 2. The van der Waals surface area contributed by atoms with E-state index in [0.717, 1.165) is 32.9 Å². The summed E-state index contributed by atoms with van der Waals surface area (Å²) in [6, 6.07) is 12.7. The van der Waals surface area contributed by atoms with E-state index in [-0.39, 0.29) is 37.8 Å². The summed E-state index contributed by atoms with van der Waals surface area (Å²) in [6.07, 6.45) is -1.14. The molecule has 2 aromatic rings. The SMILES string of the molecule is C[C@H](NC(O)[C@H](C)NC(=O)CCN1C(=O)C=CC1=O)C(=O)Nc1ccc(Sc2ccc([C@@H]3O[C@@H]4C[C@H]5[C@@H]6C[C@H](F)C7=CC(=O)C=C[C@]7(C)[C@@]6(F)[C@@H](O)C[C@]5(C)[C@]4(C(=O)CO)O3)cc2)cc1. The lowest BCUT2D eigenvalue weighted by atomic mass is 9.44. The highest BCUT2D eigenvalue weighted by molar-refractivity contribution is 7.99. The molecule has 0 aromatic heterocycles. The molecule has 1 saturated heterocycles. The Kier molecular flexibility index (Phi) is 12.4. The topological polar surface area (TPSA) is 221 Å². The molecule has 0 bridgehead atoms. The Balaban J connectivity index is 0.865. The number of hydrogen-bond acceptors (Lipinski definition) is 13. The van der Waals surface area contributed by atoms with Gasteiger partial charge in [-0.25, -0.2) is 8.78 Å². The number of alkyl halides is 2. The minimum Gasteiger partial charge on any atom is -0.390 e. The van der Waals surface area contributed by atoms with Gasteiger partial charge in [0.25, 0.3) is 11.8 Å². The molecule has 65 heavy (non-hydrogen) atoms. The summed E-state index contributed by atoms with van der Waals surface area (Å²) in [4.78, 5) is 77.5. The van der Waals surface area contributed by atoms with Gasteiger partial charge in [0.05, 0.1) is 24.3 Å². The molecule has 0 spiro atoms. The van der Waals surface area contributed by atoms with Crippen LogP contribution in [-0.4, -0.2) is 117 Å². The van der Waals surface area contributed by atoms with E-state index in [9.17, 15) is 44.1 Å². The molecule has 4 fully saturated rings. The molecule has 346 valence electrons. The van der Waals surface area contributed by atoms with E-state index in [1.807, 2.05) is 24.3 Å². The lowest BCUT2D eigenvalue weighted by Crippen LogP contribution is -2.70. The van der Waals surface area contributed by atoms with Crippen molar-refractivity contribution in [2.45, 2.75) is 117 Å². The Morgan fingerprint density at radius 3 is 2.25 bits per heavy atom. The van der Waals surface area contributed by atoms with E-state index in [0.29, 0.717) is 11.3 Å². The average molecular weight is 919 g/mol. The number of aliphatic hydroxyl groups is 3. The number of ether oxygens (including phenoxy) is 2. The van der Waals surface area contributed by atoms with E-state index in [4.69, 9.17) is 9.47 Å². The molecule has 0 radical (unpaired) electrons. The predicted molar refractivity (Wildman–Crippen MR) is 230 cm³/mol. The van der Waals surface area contributed by atoms with Gasteiger partial charge in [-0.15, -0.1) is 0 Å². The Hall–Kier alpha value is -4.95. The number of anilines is 1.